The molecule has 0 spiro atoms. The van der Waals surface area contributed by atoms with E-state index in [0.717, 1.165) is 17.7 Å². The van der Waals surface area contributed by atoms with E-state index in [2.05, 4.69) is 5.32 Å². The van der Waals surface area contributed by atoms with Crippen molar-refractivity contribution in [1.29, 1.82) is 0 Å². The van der Waals surface area contributed by atoms with Crippen LogP contribution in [0.2, 0.25) is 5.02 Å². The van der Waals surface area contributed by atoms with Crippen LogP contribution in [-0.2, 0) is 10.3 Å². The van der Waals surface area contributed by atoms with Crippen LogP contribution in [0.25, 0.3) is 0 Å². The molecule has 148 valence electrons. The number of nitrogens with one attached hydrogen (secondary N) is 1. The predicted molar refractivity (Wildman–Crippen MR) is 105 cm³/mol. The van der Waals surface area contributed by atoms with E-state index >= 15 is 0 Å². The van der Waals surface area contributed by atoms with Gasteiger partial charge in [-0.3, -0.25) is 9.69 Å². The Hall–Kier alpha value is -2.60. The van der Waals surface area contributed by atoms with Crippen molar-refractivity contribution in [3.8, 4) is 5.75 Å². The number of unbranched alkanes of at least 4 members (excludes halogenated alkanes) is 1. The van der Waals surface area contributed by atoms with Gasteiger partial charge in [-0.25, -0.2) is 9.18 Å². The van der Waals surface area contributed by atoms with Crippen LogP contribution >= 0.6 is 11.6 Å². The second-order valence-corrected chi connectivity index (χ2v) is 7.09. The molecule has 3 rings (SSSR count). The summed E-state index contributed by atoms with van der Waals surface area (Å²) in [7, 11) is 0. The number of benzene rings is 2. The first-order valence-corrected chi connectivity index (χ1v) is 9.63. The molecule has 1 aliphatic rings. The van der Waals surface area contributed by atoms with Crippen molar-refractivity contribution in [3.63, 3.8) is 0 Å². The van der Waals surface area contributed by atoms with Crippen molar-refractivity contribution in [1.82, 2.24) is 10.2 Å². The standard InChI is InChI=1S/C21H22ClFN2O3/c1-2-3-12-21(15-8-10-16(23)11-9-15)19(26)25(20(27)24-21)13-14-28-18-7-5-4-6-17(18)22/h4-11H,2-3,12-14H2,1H3,(H,24,27)/t21-/m0/s1. The van der Waals surface area contributed by atoms with Gasteiger partial charge in [0.1, 0.15) is 23.7 Å². The zero-order chi connectivity index (χ0) is 20.1. The molecule has 7 heteroatoms. The van der Waals surface area contributed by atoms with E-state index in [0.29, 0.717) is 22.8 Å². The Balaban J connectivity index is 1.77. The predicted octanol–water partition coefficient (Wildman–Crippen LogP) is 4.50. The summed E-state index contributed by atoms with van der Waals surface area (Å²) in [6, 6.07) is 12.2. The Morgan fingerprint density at radius 2 is 1.86 bits per heavy atom. The number of para-hydroxylation sites is 1. The summed E-state index contributed by atoms with van der Waals surface area (Å²) >= 11 is 6.06. The zero-order valence-electron chi connectivity index (χ0n) is 15.6. The van der Waals surface area contributed by atoms with Crippen LogP contribution in [0.3, 0.4) is 0 Å². The van der Waals surface area contributed by atoms with Gasteiger partial charge in [0.05, 0.1) is 11.6 Å². The molecule has 0 aromatic heterocycles. The zero-order valence-corrected chi connectivity index (χ0v) is 16.3. The minimum Gasteiger partial charge on any atom is -0.490 e. The maximum Gasteiger partial charge on any atom is 0.325 e. The van der Waals surface area contributed by atoms with Crippen molar-refractivity contribution in [2.45, 2.75) is 31.7 Å². The van der Waals surface area contributed by atoms with Crippen LogP contribution in [0.1, 0.15) is 31.7 Å². The monoisotopic (exact) mass is 404 g/mol. The fraction of sp³-hybridized carbons (Fsp3) is 0.333. The Kier molecular flexibility index (Phi) is 6.19. The third-order valence-electron chi connectivity index (χ3n) is 4.83. The number of imide groups is 1. The molecule has 1 heterocycles. The SMILES string of the molecule is CCCC[C@@]1(c2ccc(F)cc2)NC(=O)N(CCOc2ccccc2Cl)C1=O. The molecule has 0 aliphatic carbocycles. The highest BCUT2D eigenvalue weighted by atomic mass is 35.5. The topological polar surface area (TPSA) is 58.6 Å². The lowest BCUT2D eigenvalue weighted by atomic mass is 9.85. The smallest absolute Gasteiger partial charge is 0.325 e. The summed E-state index contributed by atoms with van der Waals surface area (Å²) in [6.07, 6.45) is 2.05. The lowest BCUT2D eigenvalue weighted by molar-refractivity contribution is -0.132. The molecule has 1 N–H and O–H groups in total. The van der Waals surface area contributed by atoms with Gasteiger partial charge in [0.25, 0.3) is 5.91 Å². The molecule has 2 aromatic rings. The van der Waals surface area contributed by atoms with E-state index in [1.54, 1.807) is 36.4 Å². The van der Waals surface area contributed by atoms with Crippen molar-refractivity contribution in [2.75, 3.05) is 13.2 Å². The second kappa shape index (κ2) is 8.61. The number of amides is 3. The number of ether oxygens (including phenoxy) is 1. The number of nitrogens with zero attached hydrogens (tertiary/aromatic N) is 1. The third kappa shape index (κ3) is 3.97. The Bertz CT molecular complexity index is 859. The van der Waals surface area contributed by atoms with Gasteiger partial charge in [-0.05, 0) is 36.2 Å². The lowest BCUT2D eigenvalue weighted by Crippen LogP contribution is -2.44. The second-order valence-electron chi connectivity index (χ2n) is 6.68. The van der Waals surface area contributed by atoms with E-state index in [1.807, 2.05) is 6.92 Å². The molecule has 0 bridgehead atoms. The summed E-state index contributed by atoms with van der Waals surface area (Å²) < 4.78 is 19.0. The van der Waals surface area contributed by atoms with Gasteiger partial charge < -0.3 is 10.1 Å². The number of carbonyl (C=O) groups is 2. The Morgan fingerprint density at radius 1 is 1.14 bits per heavy atom. The number of rotatable bonds is 8. The fourth-order valence-electron chi connectivity index (χ4n) is 3.32. The summed E-state index contributed by atoms with van der Waals surface area (Å²) in [4.78, 5) is 26.9. The van der Waals surface area contributed by atoms with Crippen LogP contribution in [0, 0.1) is 5.82 Å². The van der Waals surface area contributed by atoms with E-state index in [1.165, 1.54) is 12.1 Å². The number of urea groups is 1. The summed E-state index contributed by atoms with van der Waals surface area (Å²) in [5.74, 6) is -0.247. The van der Waals surface area contributed by atoms with E-state index < -0.39 is 17.4 Å². The summed E-state index contributed by atoms with van der Waals surface area (Å²) in [6.45, 7) is 2.22. The normalized spacial score (nSPS) is 19.0. The molecule has 1 saturated heterocycles. The van der Waals surface area contributed by atoms with Crippen LogP contribution in [0.4, 0.5) is 9.18 Å². The average Bonchev–Trinajstić information content (AvgIpc) is 2.93. The van der Waals surface area contributed by atoms with Crippen molar-refractivity contribution >= 4 is 23.5 Å². The number of hydrogen-bond donors (Lipinski definition) is 1. The molecule has 1 fully saturated rings. The molecule has 1 aliphatic heterocycles. The average molecular weight is 405 g/mol. The molecule has 3 amide bonds. The van der Waals surface area contributed by atoms with Crippen molar-refractivity contribution in [3.05, 3.63) is 64.9 Å². The highest BCUT2D eigenvalue weighted by Crippen LogP contribution is 2.34. The van der Waals surface area contributed by atoms with E-state index in [4.69, 9.17) is 16.3 Å². The van der Waals surface area contributed by atoms with Crippen molar-refractivity contribution in [2.24, 2.45) is 0 Å². The molecule has 0 radical (unpaired) electrons. The minimum atomic E-state index is -1.18. The summed E-state index contributed by atoms with van der Waals surface area (Å²) in [5.41, 5.74) is -0.597. The molecule has 0 unspecified atom stereocenters. The Morgan fingerprint density at radius 3 is 2.54 bits per heavy atom. The maximum atomic E-state index is 13.4. The van der Waals surface area contributed by atoms with Gasteiger partial charge in [-0.15, -0.1) is 0 Å². The van der Waals surface area contributed by atoms with Crippen LogP contribution in [-0.4, -0.2) is 30.0 Å². The van der Waals surface area contributed by atoms with Crippen LogP contribution in [0.15, 0.2) is 48.5 Å². The molecular weight excluding hydrogens is 383 g/mol. The highest BCUT2D eigenvalue weighted by Gasteiger charge is 2.51. The first-order valence-electron chi connectivity index (χ1n) is 9.25. The van der Waals surface area contributed by atoms with Gasteiger partial charge in [0.15, 0.2) is 0 Å². The molecular formula is C21H22ClFN2O3. The first kappa shape index (κ1) is 20.1. The quantitative estimate of drug-likeness (QED) is 0.659. The highest BCUT2D eigenvalue weighted by molar-refractivity contribution is 6.32. The third-order valence-corrected chi connectivity index (χ3v) is 5.14. The van der Waals surface area contributed by atoms with E-state index in [9.17, 15) is 14.0 Å². The van der Waals surface area contributed by atoms with E-state index in [-0.39, 0.29) is 19.1 Å². The molecule has 0 saturated carbocycles. The molecule has 1 atom stereocenters. The van der Waals surface area contributed by atoms with Crippen LogP contribution in [0.5, 0.6) is 5.75 Å². The van der Waals surface area contributed by atoms with Gasteiger partial charge in [-0.1, -0.05) is 55.6 Å². The Labute approximate surface area is 168 Å². The number of carbonyl (C=O) groups excluding carboxylic acids is 2. The number of hydrogen-bond acceptors (Lipinski definition) is 3. The van der Waals surface area contributed by atoms with Gasteiger partial charge >= 0.3 is 6.03 Å². The van der Waals surface area contributed by atoms with Gasteiger partial charge in [0.2, 0.25) is 0 Å². The fourth-order valence-corrected chi connectivity index (χ4v) is 3.51. The number of halogens is 2. The largest absolute Gasteiger partial charge is 0.490 e. The maximum absolute atomic E-state index is 13.4. The van der Waals surface area contributed by atoms with Gasteiger partial charge in [0, 0.05) is 0 Å². The summed E-state index contributed by atoms with van der Waals surface area (Å²) in [5, 5.41) is 3.29. The van der Waals surface area contributed by atoms with Gasteiger partial charge in [-0.2, -0.15) is 0 Å². The molecule has 28 heavy (non-hydrogen) atoms. The molecule has 5 nitrogen and oxygen atoms in total. The lowest BCUT2D eigenvalue weighted by Gasteiger charge is -2.27. The van der Waals surface area contributed by atoms with Crippen molar-refractivity contribution < 1.29 is 18.7 Å². The minimum absolute atomic E-state index is 0.0883. The van der Waals surface area contributed by atoms with Crippen LogP contribution < -0.4 is 10.1 Å². The molecule has 2 aromatic carbocycles. The first-order chi connectivity index (χ1) is 13.5.